The molecule has 3 nitrogen and oxygen atoms in total. The van der Waals surface area contributed by atoms with E-state index in [2.05, 4.69) is 26.2 Å². The molecule has 0 bridgehead atoms. The molecule has 3 aromatic rings. The molecule has 0 aliphatic rings. The lowest BCUT2D eigenvalue weighted by Crippen LogP contribution is -2.23. The van der Waals surface area contributed by atoms with Crippen molar-refractivity contribution in [1.82, 2.24) is 10.3 Å². The first-order valence-corrected chi connectivity index (χ1v) is 11.3. The lowest BCUT2D eigenvalue weighted by Gasteiger charge is -2.18. The van der Waals surface area contributed by atoms with Crippen LogP contribution in [0, 0.1) is 0 Å². The summed E-state index contributed by atoms with van der Waals surface area (Å²) in [6, 6.07) is 11.8. The van der Waals surface area contributed by atoms with Crippen molar-refractivity contribution in [2.75, 3.05) is 0 Å². The number of aromatic nitrogens is 1. The number of rotatable bonds is 6. The number of alkyl halides is 3. The molecule has 1 heterocycles. The first kappa shape index (κ1) is 25.6. The molecule has 0 fully saturated rings. The van der Waals surface area contributed by atoms with Crippen LogP contribution in [0.1, 0.15) is 33.1 Å². The summed E-state index contributed by atoms with van der Waals surface area (Å²) in [4.78, 5) is 16.6. The van der Waals surface area contributed by atoms with Gasteiger partial charge in [-0.25, -0.2) is 0 Å². The predicted molar refractivity (Wildman–Crippen MR) is 129 cm³/mol. The van der Waals surface area contributed by atoms with Gasteiger partial charge in [0.05, 0.1) is 28.7 Å². The van der Waals surface area contributed by atoms with Crippen LogP contribution in [0.25, 0.3) is 6.08 Å². The molecule has 0 aliphatic carbocycles. The lowest BCUT2D eigenvalue weighted by molar-refractivity contribution is -0.139. The van der Waals surface area contributed by atoms with Crippen molar-refractivity contribution in [2.24, 2.45) is 0 Å². The molecule has 1 aromatic heterocycles. The lowest BCUT2D eigenvalue weighted by atomic mass is 9.97. The maximum atomic E-state index is 13.7. The van der Waals surface area contributed by atoms with Gasteiger partial charge in [-0.15, -0.1) is 0 Å². The minimum absolute atomic E-state index is 0.0675. The van der Waals surface area contributed by atoms with Gasteiger partial charge in [-0.1, -0.05) is 53.0 Å². The maximum absolute atomic E-state index is 13.7. The van der Waals surface area contributed by atoms with Crippen LogP contribution < -0.4 is 5.32 Å². The molecule has 33 heavy (non-hydrogen) atoms. The molecule has 0 spiro atoms. The summed E-state index contributed by atoms with van der Waals surface area (Å²) in [6.07, 6.45) is -0.713. The quantitative estimate of drug-likeness (QED) is 0.321. The van der Waals surface area contributed by atoms with Crippen LogP contribution in [0.15, 0.2) is 65.3 Å². The fourth-order valence-corrected chi connectivity index (χ4v) is 4.20. The van der Waals surface area contributed by atoms with Gasteiger partial charge in [-0.05, 0) is 69.5 Å². The maximum Gasteiger partial charge on any atom is 0.399 e. The molecule has 2 aromatic carbocycles. The fourth-order valence-electron chi connectivity index (χ4n) is 2.97. The van der Waals surface area contributed by atoms with Gasteiger partial charge in [0, 0.05) is 20.7 Å². The molecule has 172 valence electrons. The average molecular weight is 579 g/mol. The zero-order valence-electron chi connectivity index (χ0n) is 16.6. The Hall–Kier alpha value is -2.06. The summed E-state index contributed by atoms with van der Waals surface area (Å²) in [6.45, 7) is 0.194. The van der Waals surface area contributed by atoms with Crippen molar-refractivity contribution in [1.29, 1.82) is 0 Å². The first-order valence-electron chi connectivity index (χ1n) is 9.42. The normalized spacial score (nSPS) is 12.7. The highest BCUT2D eigenvalue weighted by atomic mass is 79.9. The molecule has 1 atom stereocenters. The number of allylic oxidation sites excluding steroid dienone is 1. The second-order valence-corrected chi connectivity index (χ2v) is 9.13. The van der Waals surface area contributed by atoms with Gasteiger partial charge in [0.2, 0.25) is 0 Å². The summed E-state index contributed by atoms with van der Waals surface area (Å²) >= 11 is 20.8. The van der Waals surface area contributed by atoms with Crippen LogP contribution in [-0.2, 0) is 6.54 Å². The summed E-state index contributed by atoms with van der Waals surface area (Å²) in [5.74, 6) is -2.27. The van der Waals surface area contributed by atoms with E-state index in [0.717, 1.165) is 6.08 Å². The van der Waals surface area contributed by atoms with Crippen LogP contribution in [-0.4, -0.2) is 17.1 Å². The van der Waals surface area contributed by atoms with E-state index < -0.39 is 12.1 Å². The summed E-state index contributed by atoms with van der Waals surface area (Å²) in [7, 11) is 0. The van der Waals surface area contributed by atoms with Crippen LogP contribution >= 0.6 is 50.7 Å². The Morgan fingerprint density at radius 1 is 1.03 bits per heavy atom. The van der Waals surface area contributed by atoms with Gasteiger partial charge < -0.3 is 5.32 Å². The minimum Gasteiger partial charge on any atom is -0.346 e. The third-order valence-electron chi connectivity index (χ3n) is 4.53. The number of nitrogens with one attached hydrogen (secondary N) is 1. The number of pyridine rings is 1. The Morgan fingerprint density at radius 3 is 2.30 bits per heavy atom. The number of amides is 1. The Balaban J connectivity index is 1.76. The summed E-state index contributed by atoms with van der Waals surface area (Å²) in [5, 5.41) is 3.45. The molecule has 0 saturated carbocycles. The Kier molecular flexibility index (Phi) is 8.45. The van der Waals surface area contributed by atoms with Crippen molar-refractivity contribution in [3.63, 3.8) is 0 Å². The summed E-state index contributed by atoms with van der Waals surface area (Å²) < 4.78 is 41.4. The highest BCUT2D eigenvalue weighted by molar-refractivity contribution is 9.10. The van der Waals surface area contributed by atoms with E-state index in [4.69, 9.17) is 34.8 Å². The predicted octanol–water partition coefficient (Wildman–Crippen LogP) is 8.09. The highest BCUT2D eigenvalue weighted by Gasteiger charge is 2.39. The SMILES string of the molecule is O=C(NCc1ccc(Cl)cn1)c1ccc(/C=C/C(c2cc(Cl)cc(Cl)c2)C(F)(F)F)cc1Br. The molecular weight excluding hydrogens is 564 g/mol. The number of hydrogen-bond donors (Lipinski definition) is 1. The van der Waals surface area contributed by atoms with E-state index >= 15 is 0 Å². The molecule has 10 heteroatoms. The molecular formula is C23H15BrCl3F3N2O. The highest BCUT2D eigenvalue weighted by Crippen LogP contribution is 2.38. The smallest absolute Gasteiger partial charge is 0.346 e. The Morgan fingerprint density at radius 2 is 1.73 bits per heavy atom. The van der Waals surface area contributed by atoms with Crippen LogP contribution in [0.3, 0.4) is 0 Å². The van der Waals surface area contributed by atoms with E-state index in [1.807, 2.05) is 0 Å². The van der Waals surface area contributed by atoms with Crippen LogP contribution in [0.5, 0.6) is 0 Å². The molecule has 1 unspecified atom stereocenters. The number of halogens is 7. The number of hydrogen-bond acceptors (Lipinski definition) is 2. The number of nitrogens with zero attached hydrogens (tertiary/aromatic N) is 1. The molecule has 0 saturated heterocycles. The Bertz CT molecular complexity index is 1160. The van der Waals surface area contributed by atoms with Crippen molar-refractivity contribution in [2.45, 2.75) is 18.6 Å². The van der Waals surface area contributed by atoms with Gasteiger partial charge in [-0.2, -0.15) is 13.2 Å². The monoisotopic (exact) mass is 576 g/mol. The largest absolute Gasteiger partial charge is 0.399 e. The zero-order chi connectivity index (χ0) is 24.2. The molecule has 1 amide bonds. The molecule has 1 N–H and O–H groups in total. The van der Waals surface area contributed by atoms with Crippen molar-refractivity contribution in [3.8, 4) is 0 Å². The van der Waals surface area contributed by atoms with Crippen molar-refractivity contribution >= 4 is 62.7 Å². The number of benzene rings is 2. The van der Waals surface area contributed by atoms with E-state index in [9.17, 15) is 18.0 Å². The van der Waals surface area contributed by atoms with E-state index in [0.29, 0.717) is 26.3 Å². The third kappa shape index (κ3) is 7.21. The molecule has 3 rings (SSSR count). The van der Waals surface area contributed by atoms with Gasteiger partial charge >= 0.3 is 6.18 Å². The van der Waals surface area contributed by atoms with Crippen LogP contribution in [0.2, 0.25) is 15.1 Å². The first-order chi connectivity index (χ1) is 15.5. The number of carbonyl (C=O) groups excluding carboxylic acids is 1. The standard InChI is InChI=1S/C23H15BrCl3F3N2O/c24-21-7-13(1-5-19(21)22(33)32-12-18-4-3-15(25)11-31-18)2-6-20(23(28,29)30)14-8-16(26)10-17(27)9-14/h1-11,20H,12H2,(H,32,33)/b6-2+. The summed E-state index contributed by atoms with van der Waals surface area (Å²) in [5.41, 5.74) is 1.36. The van der Waals surface area contributed by atoms with Crippen LogP contribution in [0.4, 0.5) is 13.2 Å². The Labute approximate surface area is 211 Å². The van der Waals surface area contributed by atoms with E-state index in [1.165, 1.54) is 36.5 Å². The zero-order valence-corrected chi connectivity index (χ0v) is 20.5. The number of carbonyl (C=O) groups is 1. The second kappa shape index (κ2) is 10.9. The fraction of sp³-hybridized carbons (Fsp3) is 0.130. The van der Waals surface area contributed by atoms with E-state index in [1.54, 1.807) is 24.3 Å². The molecule has 0 radical (unpaired) electrons. The minimum atomic E-state index is -4.54. The topological polar surface area (TPSA) is 42.0 Å². The van der Waals surface area contributed by atoms with Gasteiger partial charge in [-0.3, -0.25) is 9.78 Å². The molecule has 0 aliphatic heterocycles. The van der Waals surface area contributed by atoms with Gasteiger partial charge in [0.25, 0.3) is 5.91 Å². The third-order valence-corrected chi connectivity index (χ3v) is 5.85. The van der Waals surface area contributed by atoms with Gasteiger partial charge in [0.1, 0.15) is 0 Å². The second-order valence-electron chi connectivity index (χ2n) is 6.97. The van der Waals surface area contributed by atoms with Crippen molar-refractivity contribution < 1.29 is 18.0 Å². The van der Waals surface area contributed by atoms with E-state index in [-0.39, 0.29) is 28.1 Å². The van der Waals surface area contributed by atoms with Gasteiger partial charge in [0.15, 0.2) is 0 Å². The van der Waals surface area contributed by atoms with Crippen molar-refractivity contribution in [3.05, 3.63) is 103 Å². The average Bonchev–Trinajstić information content (AvgIpc) is 2.71.